The second-order valence-corrected chi connectivity index (χ2v) is 5.71. The Hall–Kier alpha value is -1.19. The van der Waals surface area contributed by atoms with Crippen LogP contribution in [0.1, 0.15) is 18.4 Å². The monoisotopic (exact) mass is 280 g/mol. The predicted molar refractivity (Wildman–Crippen MR) is 73.5 cm³/mol. The first-order chi connectivity index (χ1) is 9.16. The number of benzene rings is 1. The zero-order valence-electron chi connectivity index (χ0n) is 10.6. The van der Waals surface area contributed by atoms with Crippen molar-refractivity contribution >= 4 is 7.82 Å². The smallest absolute Gasteiger partial charge is 0.302 e. The maximum Gasteiger partial charge on any atom is 0.472 e. The quantitative estimate of drug-likeness (QED) is 0.809. The summed E-state index contributed by atoms with van der Waals surface area (Å²) >= 11 is 0. The Kier molecular flexibility index (Phi) is 5.11. The molecule has 0 aliphatic heterocycles. The number of rotatable bonds is 6. The van der Waals surface area contributed by atoms with E-state index in [2.05, 4.69) is 0 Å². The molecule has 1 atom stereocenters. The third kappa shape index (κ3) is 5.13. The van der Waals surface area contributed by atoms with Crippen molar-refractivity contribution in [3.63, 3.8) is 0 Å². The number of hydrogen-bond acceptors (Lipinski definition) is 3. The van der Waals surface area contributed by atoms with Gasteiger partial charge >= 0.3 is 7.82 Å². The summed E-state index contributed by atoms with van der Waals surface area (Å²) in [4.78, 5) is 9.57. The number of phosphoric ester groups is 1. The van der Waals surface area contributed by atoms with Crippen LogP contribution in [0.5, 0.6) is 0 Å². The van der Waals surface area contributed by atoms with E-state index in [1.807, 2.05) is 48.6 Å². The topological polar surface area (TPSA) is 55.8 Å². The SMILES string of the molecule is O=P(O)(OCC1=CCCC=C1)OCc1ccccc1. The van der Waals surface area contributed by atoms with Crippen LogP contribution in [0, 0.1) is 0 Å². The van der Waals surface area contributed by atoms with Crippen molar-refractivity contribution in [1.29, 1.82) is 0 Å². The molecule has 4 nitrogen and oxygen atoms in total. The summed E-state index contributed by atoms with van der Waals surface area (Å²) in [6.45, 7) is 0.155. The normalized spacial score (nSPS) is 17.8. The van der Waals surface area contributed by atoms with Crippen LogP contribution in [0.15, 0.2) is 54.1 Å². The van der Waals surface area contributed by atoms with Crippen molar-refractivity contribution in [1.82, 2.24) is 0 Å². The van der Waals surface area contributed by atoms with Crippen molar-refractivity contribution < 1.29 is 18.5 Å². The van der Waals surface area contributed by atoms with Gasteiger partial charge in [-0.1, -0.05) is 48.6 Å². The summed E-state index contributed by atoms with van der Waals surface area (Å²) in [5.74, 6) is 0. The molecule has 0 saturated carbocycles. The fourth-order valence-corrected chi connectivity index (χ4v) is 2.40. The third-order valence-corrected chi connectivity index (χ3v) is 3.61. The zero-order valence-corrected chi connectivity index (χ0v) is 11.5. The van der Waals surface area contributed by atoms with E-state index in [0.717, 1.165) is 24.0 Å². The summed E-state index contributed by atoms with van der Waals surface area (Å²) in [7, 11) is -4.00. The van der Waals surface area contributed by atoms with E-state index >= 15 is 0 Å². The van der Waals surface area contributed by atoms with E-state index in [9.17, 15) is 9.46 Å². The molecule has 1 unspecified atom stereocenters. The molecule has 0 heterocycles. The molecule has 1 aliphatic carbocycles. The average molecular weight is 280 g/mol. The van der Waals surface area contributed by atoms with Gasteiger partial charge in [0.15, 0.2) is 0 Å². The second-order valence-electron chi connectivity index (χ2n) is 4.26. The molecule has 1 aliphatic rings. The van der Waals surface area contributed by atoms with Crippen LogP contribution in [-0.2, 0) is 20.2 Å². The molecule has 1 aromatic carbocycles. The van der Waals surface area contributed by atoms with Crippen LogP contribution in [0.25, 0.3) is 0 Å². The Labute approximate surface area is 113 Å². The van der Waals surface area contributed by atoms with Crippen LogP contribution >= 0.6 is 7.82 Å². The maximum absolute atomic E-state index is 11.7. The molecule has 19 heavy (non-hydrogen) atoms. The Bertz CT molecular complexity index is 507. The minimum atomic E-state index is -4.00. The molecule has 1 N–H and O–H groups in total. The Morgan fingerprint density at radius 1 is 1.11 bits per heavy atom. The van der Waals surface area contributed by atoms with Crippen LogP contribution in [-0.4, -0.2) is 11.5 Å². The Balaban J connectivity index is 1.80. The molecular weight excluding hydrogens is 263 g/mol. The van der Waals surface area contributed by atoms with Crippen molar-refractivity contribution in [3.05, 3.63) is 59.7 Å². The van der Waals surface area contributed by atoms with Crippen molar-refractivity contribution in [2.24, 2.45) is 0 Å². The van der Waals surface area contributed by atoms with Crippen molar-refractivity contribution in [2.45, 2.75) is 19.4 Å². The molecule has 102 valence electrons. The summed E-state index contributed by atoms with van der Waals surface area (Å²) in [6, 6.07) is 9.22. The fourth-order valence-electron chi connectivity index (χ4n) is 1.70. The molecule has 0 saturated heterocycles. The summed E-state index contributed by atoms with van der Waals surface area (Å²) < 4.78 is 21.6. The molecule has 0 aromatic heterocycles. The summed E-state index contributed by atoms with van der Waals surface area (Å²) in [5, 5.41) is 0. The summed E-state index contributed by atoms with van der Waals surface area (Å²) in [6.07, 6.45) is 7.87. The molecule has 0 radical (unpaired) electrons. The summed E-state index contributed by atoms with van der Waals surface area (Å²) in [5.41, 5.74) is 1.74. The molecule has 0 bridgehead atoms. The van der Waals surface area contributed by atoms with Crippen LogP contribution in [0.2, 0.25) is 0 Å². The highest BCUT2D eigenvalue weighted by molar-refractivity contribution is 7.47. The van der Waals surface area contributed by atoms with Gasteiger partial charge in [-0.2, -0.15) is 0 Å². The van der Waals surface area contributed by atoms with Gasteiger partial charge in [0.1, 0.15) is 0 Å². The van der Waals surface area contributed by atoms with E-state index in [1.165, 1.54) is 0 Å². The van der Waals surface area contributed by atoms with Crippen LogP contribution < -0.4 is 0 Å². The predicted octanol–water partition coefficient (Wildman–Crippen LogP) is 3.60. The first-order valence-electron chi connectivity index (χ1n) is 6.17. The van der Waals surface area contributed by atoms with Crippen LogP contribution in [0.4, 0.5) is 0 Å². The van der Waals surface area contributed by atoms with E-state index in [4.69, 9.17) is 9.05 Å². The molecule has 0 amide bonds. The Morgan fingerprint density at radius 3 is 2.53 bits per heavy atom. The second kappa shape index (κ2) is 6.83. The highest BCUT2D eigenvalue weighted by atomic mass is 31.2. The first kappa shape index (κ1) is 14.2. The van der Waals surface area contributed by atoms with Gasteiger partial charge in [0.05, 0.1) is 13.2 Å². The lowest BCUT2D eigenvalue weighted by Crippen LogP contribution is -2.00. The zero-order chi connectivity index (χ0) is 13.6. The lowest BCUT2D eigenvalue weighted by atomic mass is 10.1. The van der Waals surface area contributed by atoms with Crippen molar-refractivity contribution in [2.75, 3.05) is 6.61 Å². The highest BCUT2D eigenvalue weighted by Crippen LogP contribution is 2.44. The minimum Gasteiger partial charge on any atom is -0.302 e. The number of phosphoric acid groups is 1. The van der Waals surface area contributed by atoms with E-state index in [-0.39, 0.29) is 13.2 Å². The Morgan fingerprint density at radius 2 is 1.84 bits per heavy atom. The molecular formula is C14H17O4P. The lowest BCUT2D eigenvalue weighted by Gasteiger charge is -2.13. The van der Waals surface area contributed by atoms with Gasteiger partial charge in [0, 0.05) is 0 Å². The average Bonchev–Trinajstić information content (AvgIpc) is 2.46. The standard InChI is InChI=1S/C14H17O4P/c15-19(16,17-11-13-7-3-1-4-8-13)18-12-14-9-5-2-6-10-14/h1,3-5,7-10H,2,6,11-12H2,(H,15,16). The number of allylic oxidation sites excluding steroid dienone is 2. The highest BCUT2D eigenvalue weighted by Gasteiger charge is 2.21. The number of hydrogen-bond donors (Lipinski definition) is 1. The van der Waals surface area contributed by atoms with Gasteiger partial charge in [0.2, 0.25) is 0 Å². The van der Waals surface area contributed by atoms with E-state index in [1.54, 1.807) is 0 Å². The van der Waals surface area contributed by atoms with E-state index < -0.39 is 7.82 Å². The van der Waals surface area contributed by atoms with Gasteiger partial charge in [-0.25, -0.2) is 4.57 Å². The molecule has 5 heteroatoms. The van der Waals surface area contributed by atoms with Gasteiger partial charge in [-0.05, 0) is 24.0 Å². The molecule has 0 fully saturated rings. The molecule has 2 rings (SSSR count). The lowest BCUT2D eigenvalue weighted by molar-refractivity contribution is 0.152. The fraction of sp³-hybridized carbons (Fsp3) is 0.286. The minimum absolute atomic E-state index is 0.0590. The first-order valence-corrected chi connectivity index (χ1v) is 7.67. The third-order valence-electron chi connectivity index (χ3n) is 2.70. The molecule has 1 aromatic rings. The largest absolute Gasteiger partial charge is 0.472 e. The maximum atomic E-state index is 11.7. The van der Waals surface area contributed by atoms with Gasteiger partial charge in [-0.15, -0.1) is 0 Å². The molecule has 0 spiro atoms. The van der Waals surface area contributed by atoms with Crippen molar-refractivity contribution in [3.8, 4) is 0 Å². The van der Waals surface area contributed by atoms with E-state index in [0.29, 0.717) is 0 Å². The van der Waals surface area contributed by atoms with Gasteiger partial charge < -0.3 is 4.89 Å². The van der Waals surface area contributed by atoms with Gasteiger partial charge in [-0.3, -0.25) is 9.05 Å². The van der Waals surface area contributed by atoms with Gasteiger partial charge in [0.25, 0.3) is 0 Å². The van der Waals surface area contributed by atoms with Crippen LogP contribution in [0.3, 0.4) is 0 Å².